The minimum absolute atomic E-state index is 0.140. The Kier molecular flexibility index (Phi) is 3.88. The number of carbonyl (C=O) groups is 1. The first-order valence-corrected chi connectivity index (χ1v) is 8.08. The standard InChI is InChI=1S/C16H18N8O/c1-23-21-14(19-22-23)9-17-16(25)24-8-7-13-12(10-24)15(20-18-13)11-5-3-2-4-6-11/h2-6H,7-10H2,1H3,(H,17,25)(H,18,20). The molecule has 3 heterocycles. The van der Waals surface area contributed by atoms with Gasteiger partial charge in [0.25, 0.3) is 0 Å². The van der Waals surface area contributed by atoms with Crippen LogP contribution in [0.1, 0.15) is 17.1 Å². The number of hydrogen-bond donors (Lipinski definition) is 2. The number of carbonyl (C=O) groups excluding carboxylic acids is 1. The van der Waals surface area contributed by atoms with Gasteiger partial charge in [-0.1, -0.05) is 30.3 Å². The van der Waals surface area contributed by atoms with Gasteiger partial charge in [0.15, 0.2) is 5.82 Å². The fraction of sp³-hybridized carbons (Fsp3) is 0.312. The van der Waals surface area contributed by atoms with E-state index in [4.69, 9.17) is 0 Å². The predicted molar refractivity (Wildman–Crippen MR) is 89.2 cm³/mol. The summed E-state index contributed by atoms with van der Waals surface area (Å²) < 4.78 is 0. The van der Waals surface area contributed by atoms with Crippen molar-refractivity contribution in [1.29, 1.82) is 0 Å². The molecule has 1 aliphatic heterocycles. The maximum atomic E-state index is 12.5. The number of hydrogen-bond acceptors (Lipinski definition) is 5. The van der Waals surface area contributed by atoms with Crippen molar-refractivity contribution in [3.63, 3.8) is 0 Å². The Morgan fingerprint density at radius 1 is 1.32 bits per heavy atom. The molecule has 2 N–H and O–H groups in total. The number of urea groups is 1. The number of tetrazole rings is 1. The van der Waals surface area contributed by atoms with E-state index in [0.717, 1.165) is 28.9 Å². The van der Waals surface area contributed by atoms with Crippen LogP contribution in [0.5, 0.6) is 0 Å². The molecule has 9 heteroatoms. The quantitative estimate of drug-likeness (QED) is 0.737. The number of aryl methyl sites for hydroxylation is 1. The minimum Gasteiger partial charge on any atom is -0.331 e. The zero-order valence-corrected chi connectivity index (χ0v) is 13.8. The zero-order chi connectivity index (χ0) is 17.2. The van der Waals surface area contributed by atoms with Crippen LogP contribution < -0.4 is 5.32 Å². The second-order valence-corrected chi connectivity index (χ2v) is 5.92. The average molecular weight is 338 g/mol. The number of nitrogens with zero attached hydrogens (tertiary/aromatic N) is 6. The van der Waals surface area contributed by atoms with Crippen LogP contribution >= 0.6 is 0 Å². The summed E-state index contributed by atoms with van der Waals surface area (Å²) in [5, 5.41) is 22.1. The molecule has 9 nitrogen and oxygen atoms in total. The molecule has 128 valence electrons. The maximum absolute atomic E-state index is 12.5. The van der Waals surface area contributed by atoms with E-state index >= 15 is 0 Å². The lowest BCUT2D eigenvalue weighted by atomic mass is 10.0. The Hall–Kier alpha value is -3.23. The lowest BCUT2D eigenvalue weighted by Gasteiger charge is -2.27. The fourth-order valence-corrected chi connectivity index (χ4v) is 2.96. The molecule has 0 saturated carbocycles. The Balaban J connectivity index is 1.47. The maximum Gasteiger partial charge on any atom is 0.318 e. The highest BCUT2D eigenvalue weighted by Gasteiger charge is 2.25. The third-order valence-corrected chi connectivity index (χ3v) is 4.22. The van der Waals surface area contributed by atoms with Gasteiger partial charge in [0.2, 0.25) is 0 Å². The van der Waals surface area contributed by atoms with Crippen molar-refractivity contribution >= 4 is 6.03 Å². The molecule has 0 atom stereocenters. The van der Waals surface area contributed by atoms with Crippen molar-refractivity contribution in [2.75, 3.05) is 6.54 Å². The smallest absolute Gasteiger partial charge is 0.318 e. The van der Waals surface area contributed by atoms with E-state index in [0.29, 0.717) is 18.9 Å². The highest BCUT2D eigenvalue weighted by Crippen LogP contribution is 2.28. The molecular formula is C16H18N8O. The van der Waals surface area contributed by atoms with E-state index < -0.39 is 0 Å². The average Bonchev–Trinajstić information content (AvgIpc) is 3.26. The third kappa shape index (κ3) is 3.08. The monoisotopic (exact) mass is 338 g/mol. The number of benzene rings is 1. The third-order valence-electron chi connectivity index (χ3n) is 4.22. The summed E-state index contributed by atoms with van der Waals surface area (Å²) in [5.41, 5.74) is 4.12. The first kappa shape index (κ1) is 15.3. The van der Waals surface area contributed by atoms with Gasteiger partial charge in [-0.15, -0.1) is 10.2 Å². The summed E-state index contributed by atoms with van der Waals surface area (Å²) in [6, 6.07) is 9.85. The molecule has 2 aromatic heterocycles. The first-order valence-electron chi connectivity index (χ1n) is 8.08. The van der Waals surface area contributed by atoms with Gasteiger partial charge in [-0.3, -0.25) is 5.10 Å². The molecular weight excluding hydrogens is 320 g/mol. The molecule has 25 heavy (non-hydrogen) atoms. The van der Waals surface area contributed by atoms with Crippen LogP contribution in [0, 0.1) is 0 Å². The number of aromatic amines is 1. The Labute approximate surface area is 144 Å². The van der Waals surface area contributed by atoms with Gasteiger partial charge in [-0.2, -0.15) is 9.90 Å². The van der Waals surface area contributed by atoms with E-state index in [-0.39, 0.29) is 12.6 Å². The fourth-order valence-electron chi connectivity index (χ4n) is 2.96. The molecule has 4 rings (SSSR count). The van der Waals surface area contributed by atoms with Crippen LogP contribution in [0.3, 0.4) is 0 Å². The predicted octanol–water partition coefficient (Wildman–Crippen LogP) is 0.868. The number of nitrogens with one attached hydrogen (secondary N) is 2. The highest BCUT2D eigenvalue weighted by atomic mass is 16.2. The molecule has 0 radical (unpaired) electrons. The molecule has 0 aliphatic carbocycles. The van der Waals surface area contributed by atoms with E-state index in [2.05, 4.69) is 30.9 Å². The van der Waals surface area contributed by atoms with Gasteiger partial charge < -0.3 is 10.2 Å². The Morgan fingerprint density at radius 3 is 2.92 bits per heavy atom. The summed E-state index contributed by atoms with van der Waals surface area (Å²) >= 11 is 0. The number of amides is 2. The van der Waals surface area contributed by atoms with Crippen molar-refractivity contribution in [1.82, 2.24) is 40.6 Å². The molecule has 1 aromatic carbocycles. The van der Waals surface area contributed by atoms with Gasteiger partial charge >= 0.3 is 6.03 Å². The molecule has 2 amide bonds. The summed E-state index contributed by atoms with van der Waals surface area (Å²) in [4.78, 5) is 15.6. The molecule has 0 saturated heterocycles. The van der Waals surface area contributed by atoms with E-state index in [9.17, 15) is 4.79 Å². The molecule has 0 spiro atoms. The van der Waals surface area contributed by atoms with Crippen molar-refractivity contribution in [2.24, 2.45) is 7.05 Å². The highest BCUT2D eigenvalue weighted by molar-refractivity contribution is 5.75. The lowest BCUT2D eigenvalue weighted by Crippen LogP contribution is -2.42. The molecule has 0 fully saturated rings. The minimum atomic E-state index is -0.140. The zero-order valence-electron chi connectivity index (χ0n) is 13.8. The second-order valence-electron chi connectivity index (χ2n) is 5.92. The normalized spacial score (nSPS) is 13.6. The summed E-state index contributed by atoms with van der Waals surface area (Å²) in [6.45, 7) is 1.42. The summed E-state index contributed by atoms with van der Waals surface area (Å²) in [7, 11) is 1.69. The number of rotatable bonds is 3. The van der Waals surface area contributed by atoms with E-state index in [1.807, 2.05) is 30.3 Å². The van der Waals surface area contributed by atoms with Crippen molar-refractivity contribution in [2.45, 2.75) is 19.5 Å². The van der Waals surface area contributed by atoms with Crippen molar-refractivity contribution < 1.29 is 4.79 Å². The topological polar surface area (TPSA) is 105 Å². The first-order chi connectivity index (χ1) is 12.2. The van der Waals surface area contributed by atoms with Gasteiger partial charge in [-0.25, -0.2) is 4.79 Å². The van der Waals surface area contributed by atoms with Gasteiger partial charge in [0, 0.05) is 29.8 Å². The molecule has 1 aliphatic rings. The Morgan fingerprint density at radius 2 is 2.16 bits per heavy atom. The molecule has 0 bridgehead atoms. The molecule has 0 unspecified atom stereocenters. The number of fused-ring (bicyclic) bond motifs is 1. The van der Waals surface area contributed by atoms with Crippen LogP contribution in [0.4, 0.5) is 4.79 Å². The van der Waals surface area contributed by atoms with Crippen molar-refractivity contribution in [3.8, 4) is 11.3 Å². The summed E-state index contributed by atoms with van der Waals surface area (Å²) in [6.07, 6.45) is 0.756. The van der Waals surface area contributed by atoms with Crippen LogP contribution in [-0.4, -0.2) is 47.9 Å². The van der Waals surface area contributed by atoms with Crippen LogP contribution in [0.2, 0.25) is 0 Å². The second kappa shape index (κ2) is 6.34. The van der Waals surface area contributed by atoms with E-state index in [1.165, 1.54) is 4.80 Å². The van der Waals surface area contributed by atoms with E-state index in [1.54, 1.807) is 11.9 Å². The number of aromatic nitrogens is 6. The Bertz CT molecular complexity index is 885. The lowest BCUT2D eigenvalue weighted by molar-refractivity contribution is 0.191. The van der Waals surface area contributed by atoms with Gasteiger partial charge in [0.1, 0.15) is 0 Å². The van der Waals surface area contributed by atoms with Crippen LogP contribution in [0.15, 0.2) is 30.3 Å². The van der Waals surface area contributed by atoms with Crippen molar-refractivity contribution in [3.05, 3.63) is 47.4 Å². The largest absolute Gasteiger partial charge is 0.331 e. The summed E-state index contributed by atoms with van der Waals surface area (Å²) in [5.74, 6) is 0.488. The van der Waals surface area contributed by atoms with Gasteiger partial charge in [0.05, 0.1) is 25.8 Å². The SMILES string of the molecule is Cn1nnc(CNC(=O)N2CCc3[nH]nc(-c4ccccc4)c3C2)n1. The van der Waals surface area contributed by atoms with Gasteiger partial charge in [-0.05, 0) is 5.21 Å². The van der Waals surface area contributed by atoms with Crippen LogP contribution in [-0.2, 0) is 26.6 Å². The molecule has 3 aromatic rings. The van der Waals surface area contributed by atoms with Crippen LogP contribution in [0.25, 0.3) is 11.3 Å². The number of H-pyrrole nitrogens is 1.